The molecule has 3 aromatic rings. The van der Waals surface area contributed by atoms with Crippen LogP contribution in [0.1, 0.15) is 24.2 Å². The summed E-state index contributed by atoms with van der Waals surface area (Å²) in [7, 11) is -3.84. The van der Waals surface area contributed by atoms with Crippen molar-refractivity contribution in [2.45, 2.75) is 25.3 Å². The molecule has 1 aliphatic heterocycles. The normalized spacial score (nSPS) is 14.9. The van der Waals surface area contributed by atoms with Crippen molar-refractivity contribution in [2.75, 3.05) is 39.4 Å². The van der Waals surface area contributed by atoms with Gasteiger partial charge in [-0.3, -0.25) is 9.59 Å². The third-order valence-electron chi connectivity index (χ3n) is 6.03. The lowest BCUT2D eigenvalue weighted by Gasteiger charge is -2.33. The van der Waals surface area contributed by atoms with Crippen molar-refractivity contribution in [2.24, 2.45) is 4.99 Å². The Labute approximate surface area is 244 Å². The van der Waals surface area contributed by atoms with Crippen LogP contribution in [-0.4, -0.2) is 79.6 Å². The fourth-order valence-electron chi connectivity index (χ4n) is 4.07. The van der Waals surface area contributed by atoms with Gasteiger partial charge in [0.25, 0.3) is 5.91 Å². The van der Waals surface area contributed by atoms with E-state index in [-0.39, 0.29) is 71.2 Å². The summed E-state index contributed by atoms with van der Waals surface area (Å²) in [6, 6.07) is 8.75. The number of carbonyl (C=O) groups is 3. The topological polar surface area (TPSA) is 128 Å². The summed E-state index contributed by atoms with van der Waals surface area (Å²) < 4.78 is 39.7. The van der Waals surface area contributed by atoms with Crippen LogP contribution in [0.3, 0.4) is 0 Å². The van der Waals surface area contributed by atoms with E-state index in [4.69, 9.17) is 32.7 Å². The third-order valence-corrected chi connectivity index (χ3v) is 9.78. The highest BCUT2D eigenvalue weighted by molar-refractivity contribution is 7.89. The maximum Gasteiger partial charge on any atom is 0.409 e. The second-order valence-electron chi connectivity index (χ2n) is 8.52. The van der Waals surface area contributed by atoms with Crippen molar-refractivity contribution in [1.82, 2.24) is 13.8 Å². The monoisotopic (exact) mass is 628 g/mol. The van der Waals surface area contributed by atoms with Crippen LogP contribution in [0.15, 0.2) is 46.3 Å². The highest BCUT2D eigenvalue weighted by atomic mass is 35.5. The highest BCUT2D eigenvalue weighted by Gasteiger charge is 2.30. The quantitative estimate of drug-likeness (QED) is 0.364. The second kappa shape index (κ2) is 12.7. The van der Waals surface area contributed by atoms with Crippen LogP contribution in [-0.2, 0) is 30.8 Å². The molecule has 1 aromatic heterocycles. The molecule has 0 atom stereocenters. The molecule has 15 heteroatoms. The third kappa shape index (κ3) is 6.33. The fourth-order valence-corrected chi connectivity index (χ4v) is 7.00. The van der Waals surface area contributed by atoms with Crippen LogP contribution < -0.4 is 4.80 Å². The lowest BCUT2D eigenvalue weighted by molar-refractivity contribution is -0.143. The van der Waals surface area contributed by atoms with Gasteiger partial charge in [0.1, 0.15) is 6.54 Å². The summed E-state index contributed by atoms with van der Waals surface area (Å²) >= 11 is 13.7. The summed E-state index contributed by atoms with van der Waals surface area (Å²) in [5.74, 6) is -1.18. The number of amides is 2. The molecule has 1 fully saturated rings. The van der Waals surface area contributed by atoms with Crippen molar-refractivity contribution >= 4 is 72.7 Å². The number of esters is 1. The molecular weight excluding hydrogens is 603 g/mol. The molecule has 0 bridgehead atoms. The summed E-state index contributed by atoms with van der Waals surface area (Å²) in [5, 5.41) is 0.493. The van der Waals surface area contributed by atoms with Gasteiger partial charge in [0.15, 0.2) is 4.80 Å². The fraction of sp³-hybridized carbons (Fsp3) is 0.360. The Hall–Kier alpha value is -2.97. The van der Waals surface area contributed by atoms with Crippen LogP contribution in [0.5, 0.6) is 0 Å². The predicted molar refractivity (Wildman–Crippen MR) is 150 cm³/mol. The van der Waals surface area contributed by atoms with Gasteiger partial charge in [0.2, 0.25) is 10.0 Å². The van der Waals surface area contributed by atoms with E-state index in [9.17, 15) is 22.8 Å². The number of halogens is 2. The van der Waals surface area contributed by atoms with Crippen molar-refractivity contribution in [1.29, 1.82) is 0 Å². The van der Waals surface area contributed by atoms with Crippen molar-refractivity contribution < 1.29 is 32.3 Å². The van der Waals surface area contributed by atoms with E-state index in [0.29, 0.717) is 10.2 Å². The van der Waals surface area contributed by atoms with Crippen molar-refractivity contribution in [3.05, 3.63) is 56.8 Å². The Morgan fingerprint density at radius 3 is 2.23 bits per heavy atom. The van der Waals surface area contributed by atoms with Gasteiger partial charge < -0.3 is 18.9 Å². The van der Waals surface area contributed by atoms with Crippen molar-refractivity contribution in [3.63, 3.8) is 0 Å². The van der Waals surface area contributed by atoms with Gasteiger partial charge in [-0.1, -0.05) is 34.5 Å². The van der Waals surface area contributed by atoms with Crippen LogP contribution in [0.25, 0.3) is 10.2 Å². The van der Waals surface area contributed by atoms with Crippen LogP contribution in [0.2, 0.25) is 10.0 Å². The molecule has 2 aromatic carbocycles. The molecule has 0 saturated carbocycles. The highest BCUT2D eigenvalue weighted by Crippen LogP contribution is 2.32. The van der Waals surface area contributed by atoms with Gasteiger partial charge in [-0.2, -0.15) is 9.30 Å². The zero-order valence-electron chi connectivity index (χ0n) is 21.6. The molecule has 0 spiro atoms. The van der Waals surface area contributed by atoms with Crippen LogP contribution in [0.4, 0.5) is 4.79 Å². The minimum absolute atomic E-state index is 0.00861. The number of piperazine rings is 1. The van der Waals surface area contributed by atoms with E-state index >= 15 is 0 Å². The summed E-state index contributed by atoms with van der Waals surface area (Å²) in [4.78, 5) is 43.1. The van der Waals surface area contributed by atoms with Crippen LogP contribution >= 0.6 is 34.5 Å². The maximum absolute atomic E-state index is 13.1. The maximum atomic E-state index is 13.1. The molecule has 0 N–H and O–H groups in total. The molecular formula is C25H26Cl2N4O7S2. The van der Waals surface area contributed by atoms with E-state index in [1.54, 1.807) is 26.0 Å². The largest absolute Gasteiger partial charge is 0.465 e. The zero-order valence-corrected chi connectivity index (χ0v) is 24.8. The number of hydrogen-bond acceptors (Lipinski definition) is 8. The van der Waals surface area contributed by atoms with E-state index in [2.05, 4.69) is 4.99 Å². The number of carbonyl (C=O) groups excluding carboxylic acids is 3. The molecule has 4 rings (SSSR count). The molecule has 0 radical (unpaired) electrons. The number of ether oxygens (including phenoxy) is 2. The molecule has 1 saturated heterocycles. The second-order valence-corrected chi connectivity index (χ2v) is 12.2. The van der Waals surface area contributed by atoms with Gasteiger partial charge in [0, 0.05) is 31.7 Å². The first-order valence-corrected chi connectivity index (χ1v) is 15.3. The van der Waals surface area contributed by atoms with Gasteiger partial charge in [0.05, 0.1) is 38.4 Å². The first-order valence-electron chi connectivity index (χ1n) is 12.3. The number of thiazole rings is 1. The smallest absolute Gasteiger partial charge is 0.409 e. The minimum atomic E-state index is -3.84. The van der Waals surface area contributed by atoms with Crippen LogP contribution in [0, 0.1) is 0 Å². The lowest BCUT2D eigenvalue weighted by Crippen LogP contribution is -2.50. The molecule has 2 amide bonds. The van der Waals surface area contributed by atoms with Crippen molar-refractivity contribution in [3.8, 4) is 0 Å². The van der Waals surface area contributed by atoms with E-state index in [1.807, 2.05) is 0 Å². The minimum Gasteiger partial charge on any atom is -0.465 e. The Balaban J connectivity index is 1.58. The van der Waals surface area contributed by atoms with E-state index in [0.717, 1.165) is 11.3 Å². The summed E-state index contributed by atoms with van der Waals surface area (Å²) in [6.07, 6.45) is -0.473. The number of aromatic nitrogens is 1. The molecule has 1 aliphatic rings. The standard InChI is InChI=1S/C25H26Cl2N4O7S2/c1-3-37-20(32)15-31-22-19(10-9-18(26)21(22)27)39-24(31)28-23(33)16-5-7-17(8-6-16)40(35,36)30-13-11-29(12-14-30)25(34)38-4-2/h5-10H,3-4,11-15H2,1-2H3. The Bertz CT molecular complexity index is 1610. The summed E-state index contributed by atoms with van der Waals surface area (Å²) in [6.45, 7) is 4.24. The molecule has 0 unspecified atom stereocenters. The Kier molecular flexibility index (Phi) is 9.52. The number of sulfonamides is 1. The van der Waals surface area contributed by atoms with Gasteiger partial charge >= 0.3 is 12.1 Å². The molecule has 11 nitrogen and oxygen atoms in total. The van der Waals surface area contributed by atoms with E-state index < -0.39 is 28.0 Å². The van der Waals surface area contributed by atoms with E-state index in [1.165, 1.54) is 38.0 Å². The Morgan fingerprint density at radius 2 is 1.60 bits per heavy atom. The lowest BCUT2D eigenvalue weighted by atomic mass is 10.2. The first kappa shape index (κ1) is 30.0. The average molecular weight is 630 g/mol. The van der Waals surface area contributed by atoms with Gasteiger partial charge in [-0.15, -0.1) is 0 Å². The predicted octanol–water partition coefficient (Wildman–Crippen LogP) is 3.78. The van der Waals surface area contributed by atoms with Gasteiger partial charge in [-0.25, -0.2) is 13.2 Å². The molecule has 40 heavy (non-hydrogen) atoms. The molecule has 0 aliphatic carbocycles. The first-order chi connectivity index (χ1) is 19.1. The van der Waals surface area contributed by atoms with Gasteiger partial charge in [-0.05, 0) is 50.2 Å². The number of nitrogens with zero attached hydrogens (tertiary/aromatic N) is 4. The number of hydrogen-bond donors (Lipinski definition) is 0. The number of rotatable bonds is 7. The molecule has 214 valence electrons. The average Bonchev–Trinajstić information content (AvgIpc) is 3.28. The number of benzene rings is 2. The summed E-state index contributed by atoms with van der Waals surface area (Å²) in [5.41, 5.74) is 0.596. The SMILES string of the molecule is CCOC(=O)Cn1c(=NC(=O)c2ccc(S(=O)(=O)N3CCN(C(=O)OCC)CC3)cc2)sc2ccc(Cl)c(Cl)c21. The Morgan fingerprint density at radius 1 is 0.950 bits per heavy atom. The molecule has 2 heterocycles. The number of fused-ring (bicyclic) bond motifs is 1. The zero-order chi connectivity index (χ0) is 29.0.